The van der Waals surface area contributed by atoms with Gasteiger partial charge in [0.05, 0.1) is 0 Å². The van der Waals surface area contributed by atoms with Crippen molar-refractivity contribution in [2.24, 2.45) is 0 Å². The van der Waals surface area contributed by atoms with Gasteiger partial charge in [0.2, 0.25) is 0 Å². The zero-order valence-electron chi connectivity index (χ0n) is 9.34. The molecule has 2 aromatic rings. The molecule has 0 saturated heterocycles. The minimum absolute atomic E-state index is 0.149. The van der Waals surface area contributed by atoms with Crippen molar-refractivity contribution in [2.75, 3.05) is 0 Å². The molecule has 0 spiro atoms. The van der Waals surface area contributed by atoms with Crippen LogP contribution in [0, 0.1) is 0 Å². The van der Waals surface area contributed by atoms with Crippen molar-refractivity contribution in [3.63, 3.8) is 0 Å². The topological polar surface area (TPSA) is 9.23 Å². The monoisotopic (exact) mass is 288 g/mol. The third kappa shape index (κ3) is 2.09. The molecule has 2 aromatic carbocycles. The minimum Gasteiger partial charge on any atom is -0.485 e. The summed E-state index contributed by atoms with van der Waals surface area (Å²) in [7, 11) is 0. The van der Waals surface area contributed by atoms with Crippen LogP contribution in [0.2, 0.25) is 0 Å². The lowest BCUT2D eigenvalue weighted by Crippen LogP contribution is -2.16. The third-order valence-electron chi connectivity index (χ3n) is 3.12. The predicted octanol–water partition coefficient (Wildman–Crippen LogP) is 4.65. The lowest BCUT2D eigenvalue weighted by molar-refractivity contribution is 0.176. The van der Waals surface area contributed by atoms with E-state index >= 15 is 0 Å². The summed E-state index contributed by atoms with van der Waals surface area (Å²) in [4.78, 5) is 0.373. The highest BCUT2D eigenvalue weighted by Crippen LogP contribution is 2.44. The van der Waals surface area contributed by atoms with Gasteiger partial charge in [-0.1, -0.05) is 64.5 Å². The lowest BCUT2D eigenvalue weighted by Gasteiger charge is -2.29. The average molecular weight is 289 g/mol. The molecule has 0 aromatic heterocycles. The molecule has 2 heteroatoms. The van der Waals surface area contributed by atoms with Crippen molar-refractivity contribution in [1.82, 2.24) is 0 Å². The second-order valence-electron chi connectivity index (χ2n) is 4.26. The number of alkyl halides is 1. The van der Waals surface area contributed by atoms with Gasteiger partial charge < -0.3 is 4.74 Å². The summed E-state index contributed by atoms with van der Waals surface area (Å²) in [6.07, 6.45) is 1.12. The van der Waals surface area contributed by atoms with Crippen LogP contribution in [-0.4, -0.2) is 0 Å². The summed E-state index contributed by atoms with van der Waals surface area (Å²) in [5, 5.41) is 0. The van der Waals surface area contributed by atoms with Crippen LogP contribution in [0.3, 0.4) is 0 Å². The van der Waals surface area contributed by atoms with Gasteiger partial charge in [0, 0.05) is 16.8 Å². The minimum atomic E-state index is 0.149. The molecular formula is C15H13BrO. The Bertz CT molecular complexity index is 509. The van der Waals surface area contributed by atoms with Crippen LogP contribution in [0.4, 0.5) is 0 Å². The fraction of sp³-hybridized carbons (Fsp3) is 0.200. The molecule has 17 heavy (non-hydrogen) atoms. The second-order valence-corrected chi connectivity index (χ2v) is 5.36. The highest BCUT2D eigenvalue weighted by Gasteiger charge is 2.26. The van der Waals surface area contributed by atoms with Crippen LogP contribution in [0.15, 0.2) is 54.6 Å². The zero-order chi connectivity index (χ0) is 11.7. The largest absolute Gasteiger partial charge is 0.485 e. The first-order valence-corrected chi connectivity index (χ1v) is 6.71. The maximum Gasteiger partial charge on any atom is 0.125 e. The van der Waals surface area contributed by atoms with E-state index in [0.717, 1.165) is 12.2 Å². The summed E-state index contributed by atoms with van der Waals surface area (Å²) in [5.74, 6) is 0.995. The number of fused-ring (bicyclic) bond motifs is 1. The Balaban J connectivity index is 1.94. The van der Waals surface area contributed by atoms with Crippen LogP contribution in [0.1, 0.15) is 28.5 Å². The van der Waals surface area contributed by atoms with Crippen molar-refractivity contribution < 1.29 is 4.74 Å². The van der Waals surface area contributed by atoms with Gasteiger partial charge in [0.25, 0.3) is 0 Å². The molecule has 3 rings (SSSR count). The number of hydrogen-bond donors (Lipinski definition) is 0. The van der Waals surface area contributed by atoms with Crippen molar-refractivity contribution in [3.05, 3.63) is 65.7 Å². The molecule has 1 heterocycles. The van der Waals surface area contributed by atoms with E-state index in [1.165, 1.54) is 11.1 Å². The Kier molecular flexibility index (Phi) is 2.89. The summed E-state index contributed by atoms with van der Waals surface area (Å²) in [6, 6.07) is 18.6. The molecule has 0 N–H and O–H groups in total. The molecule has 0 unspecified atom stereocenters. The van der Waals surface area contributed by atoms with E-state index < -0.39 is 0 Å². The fourth-order valence-corrected chi connectivity index (χ4v) is 2.95. The molecule has 1 aliphatic heterocycles. The zero-order valence-corrected chi connectivity index (χ0v) is 10.9. The molecule has 1 nitrogen and oxygen atoms in total. The number of ether oxygens (including phenoxy) is 1. The first-order valence-electron chi connectivity index (χ1n) is 5.79. The van der Waals surface area contributed by atoms with E-state index in [0.29, 0.717) is 4.83 Å². The smallest absolute Gasteiger partial charge is 0.125 e. The molecule has 2 atom stereocenters. The Morgan fingerprint density at radius 1 is 0.941 bits per heavy atom. The van der Waals surface area contributed by atoms with Crippen LogP contribution in [0.25, 0.3) is 0 Å². The van der Waals surface area contributed by atoms with Crippen molar-refractivity contribution in [1.29, 1.82) is 0 Å². The van der Waals surface area contributed by atoms with E-state index in [2.05, 4.69) is 52.3 Å². The van der Waals surface area contributed by atoms with Gasteiger partial charge in [-0.15, -0.1) is 0 Å². The molecular weight excluding hydrogens is 276 g/mol. The van der Waals surface area contributed by atoms with Gasteiger partial charge in [0.1, 0.15) is 11.9 Å². The van der Waals surface area contributed by atoms with Gasteiger partial charge in [0.15, 0.2) is 0 Å². The second kappa shape index (κ2) is 4.53. The fourth-order valence-electron chi connectivity index (χ4n) is 2.23. The molecule has 0 bridgehead atoms. The van der Waals surface area contributed by atoms with E-state index in [1.807, 2.05) is 18.2 Å². The number of halogens is 1. The Morgan fingerprint density at radius 3 is 2.47 bits per heavy atom. The maximum atomic E-state index is 6.06. The number of hydrogen-bond acceptors (Lipinski definition) is 1. The van der Waals surface area contributed by atoms with E-state index in [4.69, 9.17) is 4.74 Å². The van der Waals surface area contributed by atoms with Gasteiger partial charge >= 0.3 is 0 Å². The molecule has 0 saturated carbocycles. The third-order valence-corrected chi connectivity index (χ3v) is 3.99. The van der Waals surface area contributed by atoms with Crippen LogP contribution >= 0.6 is 15.9 Å². The van der Waals surface area contributed by atoms with Crippen molar-refractivity contribution in [2.45, 2.75) is 17.4 Å². The van der Waals surface area contributed by atoms with Crippen molar-refractivity contribution >= 4 is 15.9 Å². The van der Waals surface area contributed by atoms with Gasteiger partial charge in [-0.05, 0) is 11.6 Å². The summed E-state index contributed by atoms with van der Waals surface area (Å²) >= 11 is 3.74. The van der Waals surface area contributed by atoms with Gasteiger partial charge in [-0.25, -0.2) is 0 Å². The first kappa shape index (κ1) is 10.8. The van der Waals surface area contributed by atoms with Crippen LogP contribution < -0.4 is 4.74 Å². The standard InChI is InChI=1S/C15H13BrO/c16-13-10-15(11-6-2-1-3-7-11)17-14-9-5-4-8-12(13)14/h1-9,13,15H,10H2/t13-,15+/m0/s1. The predicted molar refractivity (Wildman–Crippen MR) is 72.5 cm³/mol. The molecule has 0 aliphatic carbocycles. The average Bonchev–Trinajstić information content (AvgIpc) is 2.40. The number of benzene rings is 2. The molecule has 86 valence electrons. The summed E-state index contributed by atoms with van der Waals surface area (Å²) in [6.45, 7) is 0. The van der Waals surface area contributed by atoms with Crippen LogP contribution in [0.5, 0.6) is 5.75 Å². The number of para-hydroxylation sites is 1. The molecule has 0 fully saturated rings. The number of rotatable bonds is 1. The molecule has 0 radical (unpaired) electrons. The van der Waals surface area contributed by atoms with E-state index in [9.17, 15) is 0 Å². The lowest BCUT2D eigenvalue weighted by atomic mass is 9.97. The first-order chi connectivity index (χ1) is 8.34. The summed E-state index contributed by atoms with van der Waals surface area (Å²) in [5.41, 5.74) is 2.49. The Hall–Kier alpha value is -1.28. The van der Waals surface area contributed by atoms with Crippen molar-refractivity contribution in [3.8, 4) is 5.75 Å². The Morgan fingerprint density at radius 2 is 1.65 bits per heavy atom. The molecule has 0 amide bonds. The highest BCUT2D eigenvalue weighted by molar-refractivity contribution is 9.09. The quantitative estimate of drug-likeness (QED) is 0.694. The Labute approximate surface area is 110 Å². The SMILES string of the molecule is Br[C@H]1C[C@H](c2ccccc2)Oc2ccccc21. The highest BCUT2D eigenvalue weighted by atomic mass is 79.9. The maximum absolute atomic E-state index is 6.06. The van der Waals surface area contributed by atoms with E-state index in [1.54, 1.807) is 0 Å². The normalized spacial score (nSPS) is 22.6. The molecule has 1 aliphatic rings. The van der Waals surface area contributed by atoms with E-state index in [-0.39, 0.29) is 6.10 Å². The summed E-state index contributed by atoms with van der Waals surface area (Å²) < 4.78 is 6.06. The van der Waals surface area contributed by atoms with Gasteiger partial charge in [-0.2, -0.15) is 0 Å². The van der Waals surface area contributed by atoms with Gasteiger partial charge in [-0.3, -0.25) is 0 Å². The van der Waals surface area contributed by atoms with Crippen LogP contribution in [-0.2, 0) is 0 Å².